The first-order valence-corrected chi connectivity index (χ1v) is 5.88. The van der Waals surface area contributed by atoms with Gasteiger partial charge >= 0.3 is 0 Å². The van der Waals surface area contributed by atoms with Crippen molar-refractivity contribution in [2.24, 2.45) is 0 Å². The molecule has 0 aliphatic heterocycles. The Morgan fingerprint density at radius 1 is 1.38 bits per heavy atom. The van der Waals surface area contributed by atoms with Crippen LogP contribution in [0.4, 0.5) is 0 Å². The molecule has 1 aromatic carbocycles. The summed E-state index contributed by atoms with van der Waals surface area (Å²) in [7, 11) is 0. The van der Waals surface area contributed by atoms with Crippen molar-refractivity contribution in [3.8, 4) is 5.75 Å². The molecule has 0 unspecified atom stereocenters. The van der Waals surface area contributed by atoms with Gasteiger partial charge in [-0.1, -0.05) is 18.2 Å². The molecule has 3 heteroatoms. The van der Waals surface area contributed by atoms with Crippen molar-refractivity contribution >= 4 is 0 Å². The molecule has 0 amide bonds. The molecular formula is C13H19NO2. The van der Waals surface area contributed by atoms with Crippen LogP contribution in [-0.4, -0.2) is 30.4 Å². The van der Waals surface area contributed by atoms with E-state index in [1.165, 1.54) is 5.56 Å². The van der Waals surface area contributed by atoms with Gasteiger partial charge in [0.15, 0.2) is 0 Å². The van der Waals surface area contributed by atoms with Gasteiger partial charge in [0.1, 0.15) is 11.9 Å². The SMILES string of the molecule is Cc1ccccc1O[C@H]1CC[C@H]1NCCO. The van der Waals surface area contributed by atoms with Gasteiger partial charge in [-0.25, -0.2) is 0 Å². The quantitative estimate of drug-likeness (QED) is 0.791. The lowest BCUT2D eigenvalue weighted by Crippen LogP contribution is -2.51. The molecule has 1 fully saturated rings. The second-order valence-corrected chi connectivity index (χ2v) is 4.28. The number of rotatable bonds is 5. The summed E-state index contributed by atoms with van der Waals surface area (Å²) >= 11 is 0. The van der Waals surface area contributed by atoms with Gasteiger partial charge in [-0.05, 0) is 31.4 Å². The lowest BCUT2D eigenvalue weighted by Gasteiger charge is -2.37. The third kappa shape index (κ3) is 2.54. The van der Waals surface area contributed by atoms with E-state index in [4.69, 9.17) is 9.84 Å². The Hall–Kier alpha value is -1.06. The summed E-state index contributed by atoms with van der Waals surface area (Å²) in [6.45, 7) is 2.90. The van der Waals surface area contributed by atoms with Crippen molar-refractivity contribution in [2.75, 3.05) is 13.2 Å². The molecule has 1 aliphatic carbocycles. The zero-order chi connectivity index (χ0) is 11.4. The van der Waals surface area contributed by atoms with Crippen molar-refractivity contribution in [3.05, 3.63) is 29.8 Å². The van der Waals surface area contributed by atoms with E-state index in [0.29, 0.717) is 12.6 Å². The normalized spacial score (nSPS) is 23.9. The first-order chi connectivity index (χ1) is 7.81. The Morgan fingerprint density at radius 3 is 2.81 bits per heavy atom. The molecule has 1 saturated carbocycles. The Kier molecular flexibility index (Phi) is 3.80. The number of nitrogens with one attached hydrogen (secondary N) is 1. The summed E-state index contributed by atoms with van der Waals surface area (Å²) in [4.78, 5) is 0. The molecule has 0 heterocycles. The van der Waals surface area contributed by atoms with Gasteiger partial charge in [0.25, 0.3) is 0 Å². The molecule has 88 valence electrons. The van der Waals surface area contributed by atoms with Crippen molar-refractivity contribution in [1.82, 2.24) is 5.32 Å². The summed E-state index contributed by atoms with van der Waals surface area (Å²) in [5.41, 5.74) is 1.18. The Balaban J connectivity index is 1.88. The first kappa shape index (κ1) is 11.4. The van der Waals surface area contributed by atoms with Crippen LogP contribution in [0.5, 0.6) is 5.75 Å². The summed E-state index contributed by atoms with van der Waals surface area (Å²) in [6, 6.07) is 8.48. The topological polar surface area (TPSA) is 41.5 Å². The van der Waals surface area contributed by atoms with Crippen LogP contribution >= 0.6 is 0 Å². The number of para-hydroxylation sites is 1. The monoisotopic (exact) mass is 221 g/mol. The van der Waals surface area contributed by atoms with E-state index in [0.717, 1.165) is 18.6 Å². The number of aryl methyl sites for hydroxylation is 1. The van der Waals surface area contributed by atoms with E-state index in [9.17, 15) is 0 Å². The van der Waals surface area contributed by atoms with Crippen LogP contribution < -0.4 is 10.1 Å². The number of hydrogen-bond donors (Lipinski definition) is 2. The summed E-state index contributed by atoms with van der Waals surface area (Å²) in [5, 5.41) is 12.0. The standard InChI is InChI=1S/C13H19NO2/c1-10-4-2-3-5-12(10)16-13-7-6-11(13)14-8-9-15/h2-5,11,13-15H,6-9H2,1H3/t11-,13+/m1/s1. The van der Waals surface area contributed by atoms with Crippen molar-refractivity contribution in [3.63, 3.8) is 0 Å². The van der Waals surface area contributed by atoms with Crippen LogP contribution in [0, 0.1) is 6.92 Å². The molecule has 0 bridgehead atoms. The van der Waals surface area contributed by atoms with Gasteiger partial charge in [-0.2, -0.15) is 0 Å². The summed E-state index contributed by atoms with van der Waals surface area (Å²) in [6.07, 6.45) is 2.49. The fourth-order valence-corrected chi connectivity index (χ4v) is 1.95. The zero-order valence-corrected chi connectivity index (χ0v) is 9.65. The predicted molar refractivity (Wildman–Crippen MR) is 63.7 cm³/mol. The highest BCUT2D eigenvalue weighted by Crippen LogP contribution is 2.27. The third-order valence-electron chi connectivity index (χ3n) is 3.10. The molecule has 0 saturated heterocycles. The second kappa shape index (κ2) is 5.32. The molecule has 0 radical (unpaired) electrons. The maximum absolute atomic E-state index is 8.75. The number of ether oxygens (including phenoxy) is 1. The largest absolute Gasteiger partial charge is 0.489 e. The average molecular weight is 221 g/mol. The maximum atomic E-state index is 8.75. The van der Waals surface area contributed by atoms with Crippen LogP contribution in [-0.2, 0) is 0 Å². The number of benzene rings is 1. The Labute approximate surface area is 96.4 Å². The molecule has 2 rings (SSSR count). The fourth-order valence-electron chi connectivity index (χ4n) is 1.95. The van der Waals surface area contributed by atoms with Crippen LogP contribution in [0.15, 0.2) is 24.3 Å². The maximum Gasteiger partial charge on any atom is 0.122 e. The van der Waals surface area contributed by atoms with E-state index in [1.54, 1.807) is 0 Å². The van der Waals surface area contributed by atoms with Gasteiger partial charge in [0.05, 0.1) is 6.61 Å². The molecule has 0 aromatic heterocycles. The number of aliphatic hydroxyl groups is 1. The van der Waals surface area contributed by atoms with Gasteiger partial charge in [0, 0.05) is 12.6 Å². The zero-order valence-electron chi connectivity index (χ0n) is 9.65. The van der Waals surface area contributed by atoms with Crippen molar-refractivity contribution in [1.29, 1.82) is 0 Å². The molecular weight excluding hydrogens is 202 g/mol. The van der Waals surface area contributed by atoms with E-state index >= 15 is 0 Å². The predicted octanol–water partition coefficient (Wildman–Crippen LogP) is 1.49. The van der Waals surface area contributed by atoms with Gasteiger partial charge in [-0.3, -0.25) is 0 Å². The van der Waals surface area contributed by atoms with Gasteiger partial charge in [-0.15, -0.1) is 0 Å². The van der Waals surface area contributed by atoms with E-state index in [1.807, 2.05) is 18.2 Å². The minimum absolute atomic E-state index is 0.188. The lowest BCUT2D eigenvalue weighted by atomic mass is 9.89. The summed E-state index contributed by atoms with van der Waals surface area (Å²) < 4.78 is 5.95. The Bertz CT molecular complexity index is 340. The molecule has 3 nitrogen and oxygen atoms in total. The minimum Gasteiger partial charge on any atom is -0.489 e. The molecule has 1 aromatic rings. The van der Waals surface area contributed by atoms with Crippen LogP contribution in [0.3, 0.4) is 0 Å². The van der Waals surface area contributed by atoms with Crippen LogP contribution in [0.1, 0.15) is 18.4 Å². The van der Waals surface area contributed by atoms with E-state index in [2.05, 4.69) is 18.3 Å². The minimum atomic E-state index is 0.188. The van der Waals surface area contributed by atoms with Crippen molar-refractivity contribution < 1.29 is 9.84 Å². The molecule has 1 aliphatic rings. The Morgan fingerprint density at radius 2 is 2.19 bits per heavy atom. The number of aliphatic hydroxyl groups excluding tert-OH is 1. The smallest absolute Gasteiger partial charge is 0.122 e. The molecule has 2 atom stereocenters. The highest BCUT2D eigenvalue weighted by atomic mass is 16.5. The molecule has 16 heavy (non-hydrogen) atoms. The van der Waals surface area contributed by atoms with Crippen LogP contribution in [0.25, 0.3) is 0 Å². The van der Waals surface area contributed by atoms with E-state index in [-0.39, 0.29) is 12.7 Å². The second-order valence-electron chi connectivity index (χ2n) is 4.28. The summed E-state index contributed by atoms with van der Waals surface area (Å²) in [5.74, 6) is 0.975. The lowest BCUT2D eigenvalue weighted by molar-refractivity contribution is 0.0694. The van der Waals surface area contributed by atoms with Crippen LogP contribution in [0.2, 0.25) is 0 Å². The van der Waals surface area contributed by atoms with Gasteiger partial charge < -0.3 is 15.2 Å². The highest BCUT2D eigenvalue weighted by molar-refractivity contribution is 5.32. The first-order valence-electron chi connectivity index (χ1n) is 5.88. The fraction of sp³-hybridized carbons (Fsp3) is 0.538. The highest BCUT2D eigenvalue weighted by Gasteiger charge is 2.32. The molecule has 0 spiro atoms. The van der Waals surface area contributed by atoms with E-state index < -0.39 is 0 Å². The number of hydrogen-bond acceptors (Lipinski definition) is 3. The molecule has 2 N–H and O–H groups in total. The average Bonchev–Trinajstić information content (AvgIpc) is 2.27. The van der Waals surface area contributed by atoms with Gasteiger partial charge in [0.2, 0.25) is 0 Å². The third-order valence-corrected chi connectivity index (χ3v) is 3.10. The van der Waals surface area contributed by atoms with Crippen molar-refractivity contribution in [2.45, 2.75) is 31.9 Å².